The lowest BCUT2D eigenvalue weighted by Gasteiger charge is -2.34. The molecule has 13 heavy (non-hydrogen) atoms. The number of fused-ring (bicyclic) bond motifs is 1. The van der Waals surface area contributed by atoms with Crippen LogP contribution < -0.4 is 0 Å². The molecule has 0 saturated carbocycles. The van der Waals surface area contributed by atoms with Crippen molar-refractivity contribution < 1.29 is 9.84 Å². The molecule has 3 nitrogen and oxygen atoms in total. The van der Waals surface area contributed by atoms with E-state index in [2.05, 4.69) is 4.90 Å². The van der Waals surface area contributed by atoms with Gasteiger partial charge in [0.15, 0.2) is 0 Å². The molecule has 2 fully saturated rings. The second kappa shape index (κ2) is 3.95. The summed E-state index contributed by atoms with van der Waals surface area (Å²) in [6.07, 6.45) is 2.68. The number of likely N-dealkylation sites (tertiary alicyclic amines) is 1. The van der Waals surface area contributed by atoms with Crippen LogP contribution in [0.2, 0.25) is 0 Å². The Bertz CT molecular complexity index is 172. The van der Waals surface area contributed by atoms with Crippen LogP contribution in [0.15, 0.2) is 0 Å². The van der Waals surface area contributed by atoms with Gasteiger partial charge in [-0.25, -0.2) is 0 Å². The van der Waals surface area contributed by atoms with Crippen molar-refractivity contribution in [2.24, 2.45) is 5.92 Å². The third-order valence-corrected chi connectivity index (χ3v) is 3.09. The van der Waals surface area contributed by atoms with Crippen molar-refractivity contribution >= 4 is 0 Å². The number of hydrogen-bond donors (Lipinski definition) is 1. The molecule has 0 radical (unpaired) electrons. The number of piperidine rings is 1. The molecule has 2 heterocycles. The van der Waals surface area contributed by atoms with Gasteiger partial charge in [0.25, 0.3) is 0 Å². The molecule has 1 N–H and O–H groups in total. The number of ether oxygens (including phenoxy) is 1. The second-order valence-electron chi connectivity index (χ2n) is 4.36. The molecule has 3 atom stereocenters. The van der Waals surface area contributed by atoms with Gasteiger partial charge in [-0.05, 0) is 19.8 Å². The maximum Gasteiger partial charge on any atom is 0.0639 e. The van der Waals surface area contributed by atoms with E-state index in [4.69, 9.17) is 4.74 Å². The van der Waals surface area contributed by atoms with Gasteiger partial charge >= 0.3 is 0 Å². The number of rotatable bonds is 2. The van der Waals surface area contributed by atoms with Crippen LogP contribution in [0.1, 0.15) is 19.8 Å². The van der Waals surface area contributed by atoms with Crippen molar-refractivity contribution in [2.75, 3.05) is 26.2 Å². The van der Waals surface area contributed by atoms with Gasteiger partial charge in [0.05, 0.1) is 12.2 Å². The van der Waals surface area contributed by atoms with Gasteiger partial charge in [-0.2, -0.15) is 0 Å². The Balaban J connectivity index is 1.83. The van der Waals surface area contributed by atoms with Crippen LogP contribution in [0.4, 0.5) is 0 Å². The molecule has 2 aliphatic heterocycles. The molecule has 2 aliphatic rings. The van der Waals surface area contributed by atoms with E-state index in [0.29, 0.717) is 6.10 Å². The summed E-state index contributed by atoms with van der Waals surface area (Å²) < 4.78 is 5.62. The van der Waals surface area contributed by atoms with Crippen molar-refractivity contribution in [3.05, 3.63) is 0 Å². The van der Waals surface area contributed by atoms with Gasteiger partial charge in [0.1, 0.15) is 0 Å². The molecule has 1 unspecified atom stereocenters. The first-order chi connectivity index (χ1) is 6.25. The average molecular weight is 185 g/mol. The first kappa shape index (κ1) is 9.44. The summed E-state index contributed by atoms with van der Waals surface area (Å²) in [6.45, 7) is 5.83. The molecule has 0 aromatic rings. The third-order valence-electron chi connectivity index (χ3n) is 3.09. The van der Waals surface area contributed by atoms with E-state index in [1.807, 2.05) is 6.92 Å². The van der Waals surface area contributed by atoms with Crippen LogP contribution in [0.25, 0.3) is 0 Å². The van der Waals surface area contributed by atoms with Gasteiger partial charge < -0.3 is 14.7 Å². The quantitative estimate of drug-likeness (QED) is 0.679. The monoisotopic (exact) mass is 185 g/mol. The fourth-order valence-electron chi connectivity index (χ4n) is 2.49. The molecular formula is C10H19NO2. The Morgan fingerprint density at radius 3 is 3.15 bits per heavy atom. The van der Waals surface area contributed by atoms with Crippen molar-refractivity contribution in [1.82, 2.24) is 4.90 Å². The first-order valence-electron chi connectivity index (χ1n) is 5.27. The third kappa shape index (κ3) is 2.22. The van der Waals surface area contributed by atoms with Crippen LogP contribution in [0.5, 0.6) is 0 Å². The van der Waals surface area contributed by atoms with E-state index >= 15 is 0 Å². The van der Waals surface area contributed by atoms with E-state index in [1.165, 1.54) is 6.42 Å². The molecule has 0 aromatic heterocycles. The fraction of sp³-hybridized carbons (Fsp3) is 1.00. The van der Waals surface area contributed by atoms with Crippen molar-refractivity contribution in [2.45, 2.75) is 32.0 Å². The Kier molecular flexibility index (Phi) is 2.86. The number of aliphatic hydroxyl groups is 1. The SMILES string of the molecule is CC(O)CN1CC[C@H]2OCC[C@H]2C1. The lowest BCUT2D eigenvalue weighted by Crippen LogP contribution is -2.43. The molecule has 0 aromatic carbocycles. The maximum absolute atomic E-state index is 9.27. The lowest BCUT2D eigenvalue weighted by molar-refractivity contribution is 0.0210. The van der Waals surface area contributed by atoms with Gasteiger partial charge in [0, 0.05) is 32.2 Å². The summed E-state index contributed by atoms with van der Waals surface area (Å²) in [5.41, 5.74) is 0. The molecule has 2 rings (SSSR count). The summed E-state index contributed by atoms with van der Waals surface area (Å²) in [6, 6.07) is 0. The highest BCUT2D eigenvalue weighted by molar-refractivity contribution is 4.85. The Labute approximate surface area is 79.7 Å². The fourth-order valence-corrected chi connectivity index (χ4v) is 2.49. The van der Waals surface area contributed by atoms with Gasteiger partial charge in [0.2, 0.25) is 0 Å². The largest absolute Gasteiger partial charge is 0.392 e. The molecule has 0 amide bonds. The summed E-state index contributed by atoms with van der Waals surface area (Å²) in [5, 5.41) is 9.27. The number of aliphatic hydroxyl groups excluding tert-OH is 1. The van der Waals surface area contributed by atoms with E-state index in [1.54, 1.807) is 0 Å². The van der Waals surface area contributed by atoms with Crippen LogP contribution in [-0.2, 0) is 4.74 Å². The van der Waals surface area contributed by atoms with Crippen molar-refractivity contribution in [3.63, 3.8) is 0 Å². The zero-order valence-electron chi connectivity index (χ0n) is 8.28. The Morgan fingerprint density at radius 2 is 2.38 bits per heavy atom. The number of β-amino-alcohol motifs (C(OH)–C–C–N with tert-alkyl or cyclic N) is 1. The predicted octanol–water partition coefficient (Wildman–Crippen LogP) is 0.478. The highest BCUT2D eigenvalue weighted by atomic mass is 16.5. The first-order valence-corrected chi connectivity index (χ1v) is 5.27. The highest BCUT2D eigenvalue weighted by Crippen LogP contribution is 2.28. The van der Waals surface area contributed by atoms with E-state index in [9.17, 15) is 5.11 Å². The molecule has 76 valence electrons. The maximum atomic E-state index is 9.27. The minimum atomic E-state index is -0.195. The van der Waals surface area contributed by atoms with Crippen LogP contribution in [-0.4, -0.2) is 48.5 Å². The van der Waals surface area contributed by atoms with Crippen molar-refractivity contribution in [1.29, 1.82) is 0 Å². The minimum absolute atomic E-state index is 0.195. The molecular weight excluding hydrogens is 166 g/mol. The predicted molar refractivity (Wildman–Crippen MR) is 50.6 cm³/mol. The minimum Gasteiger partial charge on any atom is -0.392 e. The summed E-state index contributed by atoms with van der Waals surface area (Å²) in [7, 11) is 0. The highest BCUT2D eigenvalue weighted by Gasteiger charge is 2.33. The van der Waals surface area contributed by atoms with Gasteiger partial charge in [-0.1, -0.05) is 0 Å². The lowest BCUT2D eigenvalue weighted by atomic mass is 9.94. The molecule has 3 heteroatoms. The van der Waals surface area contributed by atoms with Crippen LogP contribution in [0.3, 0.4) is 0 Å². The van der Waals surface area contributed by atoms with E-state index in [-0.39, 0.29) is 6.10 Å². The smallest absolute Gasteiger partial charge is 0.0639 e. The molecule has 0 bridgehead atoms. The van der Waals surface area contributed by atoms with Gasteiger partial charge in [-0.3, -0.25) is 0 Å². The normalized spacial score (nSPS) is 37.4. The summed E-state index contributed by atoms with van der Waals surface area (Å²) in [4.78, 5) is 2.36. The Morgan fingerprint density at radius 1 is 1.54 bits per heavy atom. The van der Waals surface area contributed by atoms with Crippen LogP contribution in [0, 0.1) is 5.92 Å². The average Bonchev–Trinajstić information content (AvgIpc) is 2.49. The molecule has 0 aliphatic carbocycles. The van der Waals surface area contributed by atoms with E-state index in [0.717, 1.165) is 38.6 Å². The number of nitrogens with zero attached hydrogens (tertiary/aromatic N) is 1. The topological polar surface area (TPSA) is 32.7 Å². The zero-order chi connectivity index (χ0) is 9.26. The zero-order valence-corrected chi connectivity index (χ0v) is 8.28. The Hall–Kier alpha value is -0.120. The summed E-state index contributed by atoms with van der Waals surface area (Å²) >= 11 is 0. The van der Waals surface area contributed by atoms with Gasteiger partial charge in [-0.15, -0.1) is 0 Å². The standard InChI is InChI=1S/C10H19NO2/c1-8(12)6-11-4-2-10-9(7-11)3-5-13-10/h8-10,12H,2-7H2,1H3/t8?,9-,10+/m0/s1. The molecule has 0 spiro atoms. The van der Waals surface area contributed by atoms with Crippen LogP contribution >= 0.6 is 0 Å². The second-order valence-corrected chi connectivity index (χ2v) is 4.36. The van der Waals surface area contributed by atoms with Crippen molar-refractivity contribution in [3.8, 4) is 0 Å². The summed E-state index contributed by atoms with van der Waals surface area (Å²) in [5.74, 6) is 0.729. The number of hydrogen-bond acceptors (Lipinski definition) is 3. The molecule has 2 saturated heterocycles. The van der Waals surface area contributed by atoms with E-state index < -0.39 is 0 Å².